The molecule has 0 saturated heterocycles. The van der Waals surface area contributed by atoms with E-state index in [0.29, 0.717) is 19.6 Å². The van der Waals surface area contributed by atoms with Gasteiger partial charge in [0.1, 0.15) is 0 Å². The third-order valence-corrected chi connectivity index (χ3v) is 18.9. The molecule has 12 bridgehead atoms. The minimum absolute atomic E-state index is 0.0222. The van der Waals surface area contributed by atoms with E-state index in [-0.39, 0.29) is 33.5 Å². The van der Waals surface area contributed by atoms with Gasteiger partial charge in [0.05, 0.1) is 0 Å². The third kappa shape index (κ3) is 5.89. The molecule has 0 unspecified atom stereocenters. The van der Waals surface area contributed by atoms with Crippen molar-refractivity contribution < 1.29 is 15.3 Å². The predicted molar refractivity (Wildman–Crippen MR) is 224 cm³/mol. The molecule has 0 aromatic heterocycles. The highest BCUT2D eigenvalue weighted by Crippen LogP contribution is 2.65. The Morgan fingerprint density at radius 1 is 0.379 bits per heavy atom. The predicted octanol–water partition coefficient (Wildman–Crippen LogP) is 10.4. The lowest BCUT2D eigenvalue weighted by Gasteiger charge is -2.58. The van der Waals surface area contributed by atoms with Gasteiger partial charge in [0.15, 0.2) is 0 Å². The number of rotatable bonds is 9. The van der Waals surface area contributed by atoms with E-state index in [1.165, 1.54) is 132 Å². The van der Waals surface area contributed by atoms with Crippen molar-refractivity contribution in [3.63, 3.8) is 0 Å². The van der Waals surface area contributed by atoms with Crippen LogP contribution in [0.25, 0.3) is 0 Å². The van der Waals surface area contributed by atoms with Gasteiger partial charge in [0.2, 0.25) is 0 Å². The molecule has 4 nitrogen and oxygen atoms in total. The average Bonchev–Trinajstić information content (AvgIpc) is 3.14. The summed E-state index contributed by atoms with van der Waals surface area (Å²) in [5.74, 6) is 7.63. The Kier molecular flexibility index (Phi) is 8.27. The zero-order valence-electron chi connectivity index (χ0n) is 35.7. The Hall–Kier alpha value is -2.98. The minimum Gasteiger partial charge on any atom is -0.872 e. The summed E-state index contributed by atoms with van der Waals surface area (Å²) in [6.45, 7) is 7.91. The van der Waals surface area contributed by atoms with Crippen LogP contribution in [0, 0.1) is 74.0 Å². The molecule has 0 N–H and O–H groups in total. The molecule has 3 aromatic rings. The number of hydrogen-bond donors (Lipinski definition) is 0. The Morgan fingerprint density at radius 2 is 0.586 bits per heavy atom. The van der Waals surface area contributed by atoms with Gasteiger partial charge in [-0.3, -0.25) is 4.90 Å². The van der Waals surface area contributed by atoms with Gasteiger partial charge < -0.3 is 15.3 Å². The van der Waals surface area contributed by atoms with Crippen LogP contribution in [-0.4, -0.2) is 4.90 Å². The van der Waals surface area contributed by atoms with Gasteiger partial charge in [-0.05, 0) is 239 Å². The van der Waals surface area contributed by atoms with Crippen molar-refractivity contribution in [2.75, 3.05) is 0 Å². The van der Waals surface area contributed by atoms with Crippen LogP contribution in [0.5, 0.6) is 17.2 Å². The summed E-state index contributed by atoms with van der Waals surface area (Å²) in [5, 5.41) is 45.0. The Morgan fingerprint density at radius 3 is 0.793 bits per heavy atom. The smallest absolute Gasteiger partial charge is 0.0234 e. The van der Waals surface area contributed by atoms with Crippen LogP contribution in [0.2, 0.25) is 0 Å². The molecule has 0 radical (unpaired) electrons. The van der Waals surface area contributed by atoms with Crippen molar-refractivity contribution in [1.82, 2.24) is 4.90 Å². The number of hydrogen-bond acceptors (Lipinski definition) is 4. The standard InChI is InChI=1S/C54H69NO3/c1-31-4-43(49(56)46(7-31)52-19-34-10-35(20-52)12-36(11-34)21-52)28-55(29-44-5-32(2)8-47(50(44)57)53-22-37-13-38(23-53)15-39(14-37)24-53)30-45-6-33(3)9-48(51(45)58)54-25-40-16-41(26-54)18-42(17-40)27-54/h4-9,34-42,56-58H,10-30H2,1-3H3/p-3. The molecule has 3 aromatic carbocycles. The molecule has 0 spiro atoms. The third-order valence-electron chi connectivity index (χ3n) is 18.9. The maximum atomic E-state index is 15.0. The van der Waals surface area contributed by atoms with E-state index < -0.39 is 0 Å². The minimum atomic E-state index is 0.0222. The van der Waals surface area contributed by atoms with Crippen LogP contribution in [0.4, 0.5) is 0 Å². The summed E-state index contributed by atoms with van der Waals surface area (Å²) < 4.78 is 0. The van der Waals surface area contributed by atoms with E-state index in [1.54, 1.807) is 0 Å². The quantitative estimate of drug-likeness (QED) is 0.217. The van der Waals surface area contributed by atoms with E-state index >= 15 is 0 Å². The summed E-state index contributed by atoms with van der Waals surface area (Å²) in [7, 11) is 0. The molecule has 15 rings (SSSR count). The highest BCUT2D eigenvalue weighted by molar-refractivity contribution is 5.51. The molecule has 4 heteroatoms. The Balaban J connectivity index is 0.931. The number of nitrogens with zero attached hydrogens (tertiary/aromatic N) is 1. The molecule has 12 aliphatic carbocycles. The molecule has 0 atom stereocenters. The molecular weight excluding hydrogens is 711 g/mol. The fraction of sp³-hybridized carbons (Fsp3) is 0.667. The van der Waals surface area contributed by atoms with Crippen LogP contribution in [0.3, 0.4) is 0 Å². The van der Waals surface area contributed by atoms with Gasteiger partial charge in [-0.1, -0.05) is 53.1 Å². The molecule has 0 amide bonds. The summed E-state index contributed by atoms with van der Waals surface area (Å²) in [5.41, 5.74) is 9.39. The SMILES string of the molecule is Cc1cc(CN(Cc2cc(C)cc(C34CC5CC(CC(C5)C3)C4)c2[O-])Cc2cc(C)cc(C34CC5CC(CC(C5)C3)C4)c2[O-])c([O-])c(C23CC4CC(CC(C4)C2)C3)c1. The first-order chi connectivity index (χ1) is 27.9. The van der Waals surface area contributed by atoms with Crippen LogP contribution in [-0.2, 0) is 35.9 Å². The topological polar surface area (TPSA) is 72.4 Å². The normalized spacial score (nSPS) is 40.0. The second-order valence-corrected chi connectivity index (χ2v) is 23.6. The maximum absolute atomic E-state index is 15.0. The molecular formula is C54H66NO3-3. The molecule has 12 fully saturated rings. The van der Waals surface area contributed by atoms with E-state index in [9.17, 15) is 15.3 Å². The average molecular weight is 777 g/mol. The second kappa shape index (κ2) is 13.0. The monoisotopic (exact) mass is 777 g/mol. The number of benzene rings is 3. The van der Waals surface area contributed by atoms with Gasteiger partial charge in [0, 0.05) is 19.6 Å². The molecule has 12 saturated carbocycles. The fourth-order valence-electron chi connectivity index (χ4n) is 18.3. The molecule has 0 heterocycles. The van der Waals surface area contributed by atoms with Crippen molar-refractivity contribution >= 4 is 0 Å². The highest BCUT2D eigenvalue weighted by atomic mass is 16.3. The second-order valence-electron chi connectivity index (χ2n) is 23.6. The van der Waals surface area contributed by atoms with Gasteiger partial charge >= 0.3 is 0 Å². The zero-order valence-corrected chi connectivity index (χ0v) is 35.7. The lowest BCUT2D eigenvalue weighted by Crippen LogP contribution is -2.49. The Labute approximate surface area is 348 Å². The fourth-order valence-corrected chi connectivity index (χ4v) is 18.3. The van der Waals surface area contributed by atoms with E-state index in [2.05, 4.69) is 62.1 Å². The first-order valence-electron chi connectivity index (χ1n) is 24.0. The molecule has 0 aliphatic heterocycles. The molecule has 12 aliphatic rings. The van der Waals surface area contributed by atoms with E-state index in [4.69, 9.17) is 0 Å². The van der Waals surface area contributed by atoms with E-state index in [0.717, 1.165) is 86.6 Å². The zero-order chi connectivity index (χ0) is 39.3. The van der Waals surface area contributed by atoms with Gasteiger partial charge in [-0.15, -0.1) is 17.2 Å². The lowest BCUT2D eigenvalue weighted by atomic mass is 9.48. The molecule has 308 valence electrons. The van der Waals surface area contributed by atoms with Gasteiger partial charge in [-0.2, -0.15) is 0 Å². The molecule has 58 heavy (non-hydrogen) atoms. The first kappa shape index (κ1) is 36.8. The van der Waals surface area contributed by atoms with Crippen LogP contribution in [0.1, 0.15) is 166 Å². The summed E-state index contributed by atoms with van der Waals surface area (Å²) in [4.78, 5) is 2.33. The van der Waals surface area contributed by atoms with Crippen LogP contribution < -0.4 is 15.3 Å². The summed E-state index contributed by atoms with van der Waals surface area (Å²) in [6.07, 6.45) is 22.8. The summed E-state index contributed by atoms with van der Waals surface area (Å²) >= 11 is 0. The van der Waals surface area contributed by atoms with Crippen molar-refractivity contribution in [1.29, 1.82) is 0 Å². The number of aryl methyl sites for hydroxylation is 3. The highest BCUT2D eigenvalue weighted by Gasteiger charge is 2.54. The van der Waals surface area contributed by atoms with Crippen molar-refractivity contribution in [3.05, 3.63) is 86.5 Å². The van der Waals surface area contributed by atoms with Crippen molar-refractivity contribution in [2.24, 2.45) is 53.3 Å². The largest absolute Gasteiger partial charge is 0.872 e. The van der Waals surface area contributed by atoms with Crippen molar-refractivity contribution in [2.45, 2.75) is 172 Å². The van der Waals surface area contributed by atoms with Crippen molar-refractivity contribution in [3.8, 4) is 17.2 Å². The van der Waals surface area contributed by atoms with Crippen LogP contribution >= 0.6 is 0 Å². The maximum Gasteiger partial charge on any atom is 0.0234 e. The lowest BCUT2D eigenvalue weighted by molar-refractivity contribution is -0.272. The van der Waals surface area contributed by atoms with Gasteiger partial charge in [0.25, 0.3) is 0 Å². The van der Waals surface area contributed by atoms with Gasteiger partial charge in [-0.25, -0.2) is 0 Å². The van der Waals surface area contributed by atoms with Crippen LogP contribution in [0.15, 0.2) is 36.4 Å². The summed E-state index contributed by atoms with van der Waals surface area (Å²) in [6, 6.07) is 13.2. The first-order valence-corrected chi connectivity index (χ1v) is 24.0. The van der Waals surface area contributed by atoms with E-state index in [1.807, 2.05) is 0 Å². The Bertz CT molecular complexity index is 1810.